The van der Waals surface area contributed by atoms with Gasteiger partial charge in [0.2, 0.25) is 0 Å². The van der Waals surface area contributed by atoms with Gasteiger partial charge in [0.05, 0.1) is 0 Å². The molecule has 0 bridgehead atoms. The van der Waals surface area contributed by atoms with Gasteiger partial charge in [0.1, 0.15) is 5.69 Å². The number of nitrogens with one attached hydrogen (secondary N) is 1. The molecule has 1 aromatic heterocycles. The Bertz CT molecular complexity index is 1070. The molecule has 0 radical (unpaired) electrons. The van der Waals surface area contributed by atoms with Crippen LogP contribution in [0.4, 0.5) is 0 Å². The van der Waals surface area contributed by atoms with Crippen LogP contribution in [0.3, 0.4) is 0 Å². The van der Waals surface area contributed by atoms with Crippen molar-refractivity contribution in [1.82, 2.24) is 20.0 Å². The quantitative estimate of drug-likeness (QED) is 0.616. The first-order valence-corrected chi connectivity index (χ1v) is 11.3. The normalized spacial score (nSPS) is 14.6. The summed E-state index contributed by atoms with van der Waals surface area (Å²) in [6, 6.07) is 20.1. The van der Waals surface area contributed by atoms with E-state index in [2.05, 4.69) is 53.7 Å². The van der Waals surface area contributed by atoms with Gasteiger partial charge in [0.25, 0.3) is 11.8 Å². The van der Waals surface area contributed by atoms with Crippen molar-refractivity contribution in [3.8, 4) is 0 Å². The predicted molar refractivity (Wildman–Crippen MR) is 124 cm³/mol. The van der Waals surface area contributed by atoms with Crippen LogP contribution in [0.15, 0.2) is 60.7 Å². The summed E-state index contributed by atoms with van der Waals surface area (Å²) in [5, 5.41) is 7.47. The second-order valence-corrected chi connectivity index (χ2v) is 8.60. The number of hydrogen-bond acceptors (Lipinski definition) is 3. The highest BCUT2D eigenvalue weighted by molar-refractivity contribution is 5.98. The number of hydrogen-bond donors (Lipinski definition) is 1. The minimum atomic E-state index is -0.232. The Morgan fingerprint density at radius 1 is 1.06 bits per heavy atom. The summed E-state index contributed by atoms with van der Waals surface area (Å²) in [5.41, 5.74) is 4.33. The standard InChI is InChI=1S/C26H30N4O2/c1-19-9-12-22(13-10-19)18-29-15-6-16-30-24(26(29)32)17-23(28-30)25(31)27-20(2)11-14-21-7-4-3-5-8-21/h3-5,7-10,12-13,17,20H,6,11,14-16,18H2,1-2H3,(H,27,31). The van der Waals surface area contributed by atoms with Gasteiger partial charge in [-0.3, -0.25) is 14.3 Å². The van der Waals surface area contributed by atoms with Crippen molar-refractivity contribution < 1.29 is 9.59 Å². The highest BCUT2D eigenvalue weighted by Gasteiger charge is 2.26. The fraction of sp³-hybridized carbons (Fsp3) is 0.346. The summed E-state index contributed by atoms with van der Waals surface area (Å²) in [6.07, 6.45) is 2.54. The van der Waals surface area contributed by atoms with E-state index in [0.29, 0.717) is 31.0 Å². The Balaban J connectivity index is 1.39. The lowest BCUT2D eigenvalue weighted by Crippen LogP contribution is -2.33. The number of benzene rings is 2. The van der Waals surface area contributed by atoms with Crippen molar-refractivity contribution in [2.75, 3.05) is 6.54 Å². The molecule has 1 unspecified atom stereocenters. The summed E-state index contributed by atoms with van der Waals surface area (Å²) in [4.78, 5) is 27.8. The number of rotatable bonds is 7. The molecular formula is C26H30N4O2. The van der Waals surface area contributed by atoms with E-state index < -0.39 is 0 Å². The fourth-order valence-corrected chi connectivity index (χ4v) is 4.01. The maximum Gasteiger partial charge on any atom is 0.272 e. The van der Waals surface area contributed by atoms with Gasteiger partial charge in [-0.05, 0) is 44.2 Å². The summed E-state index contributed by atoms with van der Waals surface area (Å²) >= 11 is 0. The van der Waals surface area contributed by atoms with Crippen LogP contribution in [-0.2, 0) is 19.5 Å². The molecule has 1 N–H and O–H groups in total. The molecule has 0 fully saturated rings. The molecule has 6 nitrogen and oxygen atoms in total. The average molecular weight is 431 g/mol. The number of carbonyl (C=O) groups is 2. The van der Waals surface area contributed by atoms with Crippen LogP contribution in [0.25, 0.3) is 0 Å². The van der Waals surface area contributed by atoms with Gasteiger partial charge in [-0.15, -0.1) is 0 Å². The van der Waals surface area contributed by atoms with Gasteiger partial charge < -0.3 is 10.2 Å². The van der Waals surface area contributed by atoms with Crippen LogP contribution in [-0.4, -0.2) is 39.1 Å². The molecule has 0 saturated carbocycles. The fourth-order valence-electron chi connectivity index (χ4n) is 4.01. The van der Waals surface area contributed by atoms with Crippen molar-refractivity contribution in [1.29, 1.82) is 0 Å². The maximum absolute atomic E-state index is 13.2. The van der Waals surface area contributed by atoms with Crippen molar-refractivity contribution in [3.05, 3.63) is 88.7 Å². The average Bonchev–Trinajstić information content (AvgIpc) is 3.17. The third-order valence-electron chi connectivity index (χ3n) is 5.90. The first kappa shape index (κ1) is 21.8. The zero-order chi connectivity index (χ0) is 22.5. The SMILES string of the molecule is Cc1ccc(CN2CCCn3nc(C(=O)NC(C)CCc4ccccc4)cc3C2=O)cc1. The molecule has 0 aliphatic carbocycles. The minimum Gasteiger partial charge on any atom is -0.348 e. The van der Waals surface area contributed by atoms with Crippen LogP contribution in [0.5, 0.6) is 0 Å². The molecule has 1 aliphatic rings. The third-order valence-corrected chi connectivity index (χ3v) is 5.90. The Morgan fingerprint density at radius 2 is 1.81 bits per heavy atom. The van der Waals surface area contributed by atoms with Crippen LogP contribution >= 0.6 is 0 Å². The van der Waals surface area contributed by atoms with Gasteiger partial charge in [-0.25, -0.2) is 0 Å². The molecule has 1 atom stereocenters. The van der Waals surface area contributed by atoms with Crippen LogP contribution in [0, 0.1) is 6.92 Å². The Hall–Kier alpha value is -3.41. The lowest BCUT2D eigenvalue weighted by molar-refractivity contribution is 0.0745. The molecule has 32 heavy (non-hydrogen) atoms. The van der Waals surface area contributed by atoms with E-state index in [0.717, 1.165) is 24.8 Å². The zero-order valence-corrected chi connectivity index (χ0v) is 18.8. The number of aromatic nitrogens is 2. The monoisotopic (exact) mass is 430 g/mol. The van der Waals surface area contributed by atoms with Crippen LogP contribution in [0.1, 0.15) is 57.4 Å². The lowest BCUT2D eigenvalue weighted by atomic mass is 10.1. The number of fused-ring (bicyclic) bond motifs is 1. The van der Waals surface area contributed by atoms with Gasteiger partial charge >= 0.3 is 0 Å². The van der Waals surface area contributed by atoms with Gasteiger partial charge in [-0.1, -0.05) is 60.2 Å². The molecule has 2 aromatic carbocycles. The zero-order valence-electron chi connectivity index (χ0n) is 18.8. The summed E-state index contributed by atoms with van der Waals surface area (Å²) in [6.45, 7) is 5.91. The summed E-state index contributed by atoms with van der Waals surface area (Å²) < 4.78 is 1.68. The molecule has 166 valence electrons. The van der Waals surface area contributed by atoms with Crippen molar-refractivity contribution in [2.24, 2.45) is 0 Å². The molecule has 3 aromatic rings. The Labute approximate surface area is 189 Å². The van der Waals surface area contributed by atoms with Crippen LogP contribution < -0.4 is 5.32 Å². The van der Waals surface area contributed by atoms with Crippen molar-refractivity contribution in [3.63, 3.8) is 0 Å². The van der Waals surface area contributed by atoms with E-state index in [1.807, 2.05) is 30.0 Å². The summed E-state index contributed by atoms with van der Waals surface area (Å²) in [7, 11) is 0. The van der Waals surface area contributed by atoms with E-state index in [1.54, 1.807) is 10.7 Å². The number of amides is 2. The third kappa shape index (κ3) is 5.25. The highest BCUT2D eigenvalue weighted by Crippen LogP contribution is 2.17. The molecule has 2 amide bonds. The molecule has 6 heteroatoms. The van der Waals surface area contributed by atoms with Crippen LogP contribution in [0.2, 0.25) is 0 Å². The van der Waals surface area contributed by atoms with Gasteiger partial charge in [0.15, 0.2) is 5.69 Å². The number of nitrogens with zero attached hydrogens (tertiary/aromatic N) is 3. The van der Waals surface area contributed by atoms with E-state index in [4.69, 9.17) is 0 Å². The number of carbonyl (C=O) groups excluding carboxylic acids is 2. The number of aryl methyl sites for hydroxylation is 3. The lowest BCUT2D eigenvalue weighted by Gasteiger charge is -2.20. The predicted octanol–water partition coefficient (Wildman–Crippen LogP) is 3.99. The molecule has 2 heterocycles. The van der Waals surface area contributed by atoms with Crippen molar-refractivity contribution in [2.45, 2.75) is 52.2 Å². The highest BCUT2D eigenvalue weighted by atomic mass is 16.2. The largest absolute Gasteiger partial charge is 0.348 e. The van der Waals surface area contributed by atoms with Gasteiger partial charge in [-0.2, -0.15) is 5.10 Å². The molecule has 4 rings (SSSR count). The van der Waals surface area contributed by atoms with Gasteiger partial charge in [0, 0.05) is 31.7 Å². The smallest absolute Gasteiger partial charge is 0.272 e. The Morgan fingerprint density at radius 3 is 2.56 bits per heavy atom. The summed E-state index contributed by atoms with van der Waals surface area (Å²) in [5.74, 6) is -0.309. The minimum absolute atomic E-state index is 0.0120. The molecule has 1 aliphatic heterocycles. The van der Waals surface area contributed by atoms with E-state index in [9.17, 15) is 9.59 Å². The van der Waals surface area contributed by atoms with Crippen molar-refractivity contribution >= 4 is 11.8 Å². The van der Waals surface area contributed by atoms with E-state index in [1.165, 1.54) is 11.1 Å². The maximum atomic E-state index is 13.2. The second-order valence-electron chi connectivity index (χ2n) is 8.60. The van der Waals surface area contributed by atoms with E-state index >= 15 is 0 Å². The first-order valence-electron chi connectivity index (χ1n) is 11.3. The molecule has 0 saturated heterocycles. The first-order chi connectivity index (χ1) is 15.5. The topological polar surface area (TPSA) is 67.2 Å². The molecular weight excluding hydrogens is 400 g/mol. The Kier molecular flexibility index (Phi) is 6.69. The second kappa shape index (κ2) is 9.81. The van der Waals surface area contributed by atoms with E-state index in [-0.39, 0.29) is 17.9 Å². The molecule has 0 spiro atoms.